The van der Waals surface area contributed by atoms with Crippen LogP contribution in [0.4, 0.5) is 0 Å². The van der Waals surface area contributed by atoms with Crippen molar-refractivity contribution < 1.29 is 9.90 Å². The van der Waals surface area contributed by atoms with Gasteiger partial charge in [0.15, 0.2) is 0 Å². The molecule has 0 spiro atoms. The lowest BCUT2D eigenvalue weighted by molar-refractivity contribution is -0.138. The first kappa shape index (κ1) is 12.2. The van der Waals surface area contributed by atoms with Crippen molar-refractivity contribution in [3.63, 3.8) is 0 Å². The van der Waals surface area contributed by atoms with Crippen LogP contribution in [0.5, 0.6) is 0 Å². The topological polar surface area (TPSA) is 63.3 Å². The molecule has 15 heavy (non-hydrogen) atoms. The monoisotopic (exact) mass is 271 g/mol. The number of hydrogen-bond acceptors (Lipinski definition) is 2. The highest BCUT2D eigenvalue weighted by atomic mass is 79.9. The van der Waals surface area contributed by atoms with E-state index >= 15 is 0 Å². The Morgan fingerprint density at radius 3 is 2.53 bits per heavy atom. The number of hydrogen-bond donors (Lipinski definition) is 2. The summed E-state index contributed by atoms with van der Waals surface area (Å²) in [5, 5.41) is 8.58. The first-order valence-electron chi connectivity index (χ1n) is 4.82. The smallest absolute Gasteiger partial charge is 0.320 e. The van der Waals surface area contributed by atoms with E-state index in [2.05, 4.69) is 15.9 Å². The van der Waals surface area contributed by atoms with Crippen LogP contribution in [0.25, 0.3) is 0 Å². The fourth-order valence-electron chi connectivity index (χ4n) is 1.30. The molecule has 0 bridgehead atoms. The van der Waals surface area contributed by atoms with E-state index < -0.39 is 12.0 Å². The molecule has 0 aliphatic heterocycles. The number of halogens is 1. The molecular formula is C11H14BrNO2. The zero-order valence-corrected chi connectivity index (χ0v) is 9.90. The highest BCUT2D eigenvalue weighted by molar-refractivity contribution is 9.10. The van der Waals surface area contributed by atoms with Crippen LogP contribution in [0.15, 0.2) is 28.7 Å². The van der Waals surface area contributed by atoms with Gasteiger partial charge >= 0.3 is 5.97 Å². The summed E-state index contributed by atoms with van der Waals surface area (Å²) in [6.07, 6.45) is 2.19. The zero-order valence-electron chi connectivity index (χ0n) is 8.32. The Balaban J connectivity index is 2.32. The molecule has 0 unspecified atom stereocenters. The van der Waals surface area contributed by atoms with Gasteiger partial charge in [-0.2, -0.15) is 0 Å². The van der Waals surface area contributed by atoms with E-state index in [0.717, 1.165) is 17.3 Å². The largest absolute Gasteiger partial charge is 0.480 e. The molecule has 3 N–H and O–H groups in total. The van der Waals surface area contributed by atoms with Crippen molar-refractivity contribution in [3.8, 4) is 0 Å². The minimum absolute atomic E-state index is 0.519. The molecule has 0 radical (unpaired) electrons. The van der Waals surface area contributed by atoms with E-state index in [4.69, 9.17) is 10.8 Å². The quantitative estimate of drug-likeness (QED) is 0.863. The minimum atomic E-state index is -0.925. The average molecular weight is 272 g/mol. The molecular weight excluding hydrogens is 258 g/mol. The van der Waals surface area contributed by atoms with Gasteiger partial charge in [0.05, 0.1) is 0 Å². The van der Waals surface area contributed by atoms with Crippen molar-refractivity contribution in [2.24, 2.45) is 5.73 Å². The molecule has 3 nitrogen and oxygen atoms in total. The van der Waals surface area contributed by atoms with E-state index in [1.807, 2.05) is 24.3 Å². The summed E-state index contributed by atoms with van der Waals surface area (Å²) in [6.45, 7) is 0. The summed E-state index contributed by atoms with van der Waals surface area (Å²) in [5.74, 6) is -0.925. The third-order valence-electron chi connectivity index (χ3n) is 2.21. The summed E-state index contributed by atoms with van der Waals surface area (Å²) in [7, 11) is 0. The molecule has 1 rings (SSSR count). The highest BCUT2D eigenvalue weighted by Crippen LogP contribution is 2.12. The molecule has 0 fully saturated rings. The number of rotatable bonds is 5. The second-order valence-corrected chi connectivity index (χ2v) is 4.38. The van der Waals surface area contributed by atoms with Crippen LogP contribution in [0.2, 0.25) is 0 Å². The van der Waals surface area contributed by atoms with Gasteiger partial charge in [0.1, 0.15) is 6.04 Å². The number of nitrogens with two attached hydrogens (primary N) is 1. The van der Waals surface area contributed by atoms with Crippen molar-refractivity contribution in [1.82, 2.24) is 0 Å². The second-order valence-electron chi connectivity index (χ2n) is 3.46. The number of aliphatic carboxylic acids is 1. The Bertz CT molecular complexity index is 324. The molecule has 0 saturated carbocycles. The van der Waals surface area contributed by atoms with E-state index in [0.29, 0.717) is 6.42 Å². The zero-order chi connectivity index (χ0) is 11.3. The molecule has 4 heteroatoms. The summed E-state index contributed by atoms with van der Waals surface area (Å²) in [6, 6.07) is 7.27. The summed E-state index contributed by atoms with van der Waals surface area (Å²) in [5.41, 5.74) is 6.60. The van der Waals surface area contributed by atoms with Crippen LogP contribution in [0, 0.1) is 0 Å². The molecule has 1 atom stereocenters. The van der Waals surface area contributed by atoms with Gasteiger partial charge in [-0.15, -0.1) is 0 Å². The van der Waals surface area contributed by atoms with Crippen molar-refractivity contribution in [1.29, 1.82) is 0 Å². The SMILES string of the molecule is N[C@H](CCCc1ccc(Br)cc1)C(=O)O. The summed E-state index contributed by atoms with van der Waals surface area (Å²) in [4.78, 5) is 10.5. The van der Waals surface area contributed by atoms with E-state index in [9.17, 15) is 4.79 Å². The predicted molar refractivity (Wildman–Crippen MR) is 62.7 cm³/mol. The fourth-order valence-corrected chi connectivity index (χ4v) is 1.56. The third-order valence-corrected chi connectivity index (χ3v) is 2.74. The first-order chi connectivity index (χ1) is 7.09. The number of carbonyl (C=O) groups is 1. The van der Waals surface area contributed by atoms with E-state index in [-0.39, 0.29) is 0 Å². The number of benzene rings is 1. The number of aryl methyl sites for hydroxylation is 1. The normalized spacial score (nSPS) is 12.4. The van der Waals surface area contributed by atoms with Gasteiger partial charge in [0.25, 0.3) is 0 Å². The van der Waals surface area contributed by atoms with Crippen molar-refractivity contribution in [2.75, 3.05) is 0 Å². The maximum atomic E-state index is 10.5. The molecule has 0 heterocycles. The van der Waals surface area contributed by atoms with Gasteiger partial charge in [0.2, 0.25) is 0 Å². The van der Waals surface area contributed by atoms with Crippen LogP contribution in [0.3, 0.4) is 0 Å². The third kappa shape index (κ3) is 4.44. The van der Waals surface area contributed by atoms with E-state index in [1.54, 1.807) is 0 Å². The predicted octanol–water partition coefficient (Wildman–Crippen LogP) is 2.18. The second kappa shape index (κ2) is 5.88. The summed E-state index contributed by atoms with van der Waals surface area (Å²) >= 11 is 3.36. The van der Waals surface area contributed by atoms with E-state index in [1.165, 1.54) is 5.56 Å². The maximum absolute atomic E-state index is 10.5. The summed E-state index contributed by atoms with van der Waals surface area (Å²) < 4.78 is 1.05. The number of carboxylic acids is 1. The Labute approximate surface area is 97.4 Å². The van der Waals surface area contributed by atoms with Crippen LogP contribution in [-0.4, -0.2) is 17.1 Å². The molecule has 1 aromatic rings. The Hall–Kier alpha value is -0.870. The lowest BCUT2D eigenvalue weighted by Gasteiger charge is -2.05. The lowest BCUT2D eigenvalue weighted by Crippen LogP contribution is -2.29. The molecule has 0 saturated heterocycles. The lowest BCUT2D eigenvalue weighted by atomic mass is 10.1. The van der Waals surface area contributed by atoms with Crippen LogP contribution >= 0.6 is 15.9 Å². The molecule has 82 valence electrons. The highest BCUT2D eigenvalue weighted by Gasteiger charge is 2.10. The maximum Gasteiger partial charge on any atom is 0.320 e. The van der Waals surface area contributed by atoms with Gasteiger partial charge in [-0.05, 0) is 37.0 Å². The Morgan fingerprint density at radius 2 is 2.00 bits per heavy atom. The van der Waals surface area contributed by atoms with Gasteiger partial charge in [-0.3, -0.25) is 4.79 Å². The molecule has 0 aromatic heterocycles. The van der Waals surface area contributed by atoms with Gasteiger partial charge in [0, 0.05) is 4.47 Å². The van der Waals surface area contributed by atoms with Crippen LogP contribution in [-0.2, 0) is 11.2 Å². The number of carboxylic acid groups (broad SMARTS) is 1. The minimum Gasteiger partial charge on any atom is -0.480 e. The van der Waals surface area contributed by atoms with Gasteiger partial charge < -0.3 is 10.8 Å². The average Bonchev–Trinajstić information content (AvgIpc) is 2.20. The van der Waals surface area contributed by atoms with Gasteiger partial charge in [-0.1, -0.05) is 28.1 Å². The van der Waals surface area contributed by atoms with Crippen LogP contribution < -0.4 is 5.73 Å². The molecule has 0 amide bonds. The Morgan fingerprint density at radius 1 is 1.40 bits per heavy atom. The standard InChI is InChI=1S/C11H14BrNO2/c12-9-6-4-8(5-7-9)2-1-3-10(13)11(14)15/h4-7,10H,1-3,13H2,(H,14,15)/t10-/m1/s1. The molecule has 1 aromatic carbocycles. The van der Waals surface area contributed by atoms with Crippen molar-refractivity contribution in [3.05, 3.63) is 34.3 Å². The van der Waals surface area contributed by atoms with Crippen LogP contribution in [0.1, 0.15) is 18.4 Å². The fraction of sp³-hybridized carbons (Fsp3) is 0.364. The van der Waals surface area contributed by atoms with Crippen molar-refractivity contribution >= 4 is 21.9 Å². The van der Waals surface area contributed by atoms with Gasteiger partial charge in [-0.25, -0.2) is 0 Å². The Kier molecular flexibility index (Phi) is 4.78. The first-order valence-corrected chi connectivity index (χ1v) is 5.61. The molecule has 0 aliphatic rings. The van der Waals surface area contributed by atoms with Crippen molar-refractivity contribution in [2.45, 2.75) is 25.3 Å². The molecule has 0 aliphatic carbocycles.